The number of nitrogens with one attached hydrogen (secondary N) is 1. The molecule has 0 saturated carbocycles. The Morgan fingerprint density at radius 3 is 2.50 bits per heavy atom. The topological polar surface area (TPSA) is 58.1 Å². The number of benzene rings is 2. The third-order valence-corrected chi connectivity index (χ3v) is 5.55. The van der Waals surface area contributed by atoms with Gasteiger partial charge in [0.25, 0.3) is 5.91 Å². The lowest BCUT2D eigenvalue weighted by Crippen LogP contribution is -2.21. The van der Waals surface area contributed by atoms with Gasteiger partial charge < -0.3 is 10.2 Å². The Morgan fingerprint density at radius 1 is 1.04 bits per heavy atom. The molecule has 0 aliphatic carbocycles. The van der Waals surface area contributed by atoms with Crippen molar-refractivity contribution in [2.45, 2.75) is 6.54 Å². The minimum absolute atomic E-state index is 0.00346. The van der Waals surface area contributed by atoms with Gasteiger partial charge in [0.05, 0.1) is 5.39 Å². The number of hydrogen-bond donors (Lipinski definition) is 1. The van der Waals surface area contributed by atoms with E-state index in [-0.39, 0.29) is 5.91 Å². The van der Waals surface area contributed by atoms with Crippen molar-refractivity contribution in [3.63, 3.8) is 0 Å². The molecule has 140 valence electrons. The molecule has 6 heteroatoms. The van der Waals surface area contributed by atoms with Gasteiger partial charge in [-0.05, 0) is 29.3 Å². The van der Waals surface area contributed by atoms with Crippen molar-refractivity contribution in [3.05, 3.63) is 78.1 Å². The van der Waals surface area contributed by atoms with Gasteiger partial charge in [0, 0.05) is 31.1 Å². The SMILES string of the molecule is CN(C)C(=O)c1ccc(CNc2ncnc3sc(-c4ccccc4)cc23)cc1. The van der Waals surface area contributed by atoms with Crippen molar-refractivity contribution >= 4 is 33.3 Å². The third kappa shape index (κ3) is 3.73. The van der Waals surface area contributed by atoms with Crippen LogP contribution < -0.4 is 5.32 Å². The molecular formula is C22H20N4OS. The lowest BCUT2D eigenvalue weighted by atomic mass is 10.1. The van der Waals surface area contributed by atoms with Gasteiger partial charge in [-0.1, -0.05) is 42.5 Å². The molecule has 2 aromatic carbocycles. The summed E-state index contributed by atoms with van der Waals surface area (Å²) in [5.74, 6) is 0.820. The normalized spacial score (nSPS) is 10.8. The monoisotopic (exact) mass is 388 g/mol. The number of hydrogen-bond acceptors (Lipinski definition) is 5. The van der Waals surface area contributed by atoms with Crippen LogP contribution in [0.5, 0.6) is 0 Å². The average molecular weight is 388 g/mol. The molecule has 4 rings (SSSR count). The van der Waals surface area contributed by atoms with Crippen molar-refractivity contribution < 1.29 is 4.79 Å². The molecule has 1 amide bonds. The van der Waals surface area contributed by atoms with Crippen molar-refractivity contribution in [1.82, 2.24) is 14.9 Å². The minimum atomic E-state index is 0.00346. The van der Waals surface area contributed by atoms with Gasteiger partial charge in [-0.25, -0.2) is 9.97 Å². The number of nitrogens with zero attached hydrogens (tertiary/aromatic N) is 3. The summed E-state index contributed by atoms with van der Waals surface area (Å²) in [6, 6.07) is 20.1. The summed E-state index contributed by atoms with van der Waals surface area (Å²) in [6.07, 6.45) is 1.59. The van der Waals surface area contributed by atoms with Crippen LogP contribution in [0.2, 0.25) is 0 Å². The number of carbonyl (C=O) groups is 1. The quantitative estimate of drug-likeness (QED) is 0.540. The zero-order valence-electron chi connectivity index (χ0n) is 15.7. The Balaban J connectivity index is 1.54. The molecule has 0 atom stereocenters. The first kappa shape index (κ1) is 18.1. The largest absolute Gasteiger partial charge is 0.365 e. The first-order valence-electron chi connectivity index (χ1n) is 8.96. The standard InChI is InChI=1S/C22H20N4OS/c1-26(2)22(27)17-10-8-15(9-11-17)13-23-20-18-12-19(16-6-4-3-5-7-16)28-21(18)25-14-24-20/h3-12,14H,13H2,1-2H3,(H,23,24,25). The number of rotatable bonds is 5. The Bertz CT molecular complexity index is 1100. The number of thiophene rings is 1. The summed E-state index contributed by atoms with van der Waals surface area (Å²) in [7, 11) is 3.51. The van der Waals surface area contributed by atoms with Crippen LogP contribution in [0.3, 0.4) is 0 Å². The van der Waals surface area contributed by atoms with Crippen LogP contribution in [0.4, 0.5) is 5.82 Å². The van der Waals surface area contributed by atoms with Gasteiger partial charge in [0.2, 0.25) is 0 Å². The maximum absolute atomic E-state index is 12.0. The maximum atomic E-state index is 12.0. The fourth-order valence-corrected chi connectivity index (χ4v) is 3.95. The smallest absolute Gasteiger partial charge is 0.253 e. The van der Waals surface area contributed by atoms with Crippen LogP contribution in [0.15, 0.2) is 67.0 Å². The second-order valence-electron chi connectivity index (χ2n) is 6.67. The molecule has 0 radical (unpaired) electrons. The molecule has 0 spiro atoms. The summed E-state index contributed by atoms with van der Waals surface area (Å²) in [4.78, 5) is 24.5. The molecule has 0 saturated heterocycles. The molecular weight excluding hydrogens is 368 g/mol. The molecule has 0 aliphatic rings. The highest BCUT2D eigenvalue weighted by molar-refractivity contribution is 7.21. The van der Waals surface area contributed by atoms with Gasteiger partial charge in [-0.15, -0.1) is 11.3 Å². The second-order valence-corrected chi connectivity index (χ2v) is 7.70. The van der Waals surface area contributed by atoms with Crippen LogP contribution in [0, 0.1) is 0 Å². The molecule has 28 heavy (non-hydrogen) atoms. The molecule has 2 heterocycles. The number of amides is 1. The van der Waals surface area contributed by atoms with Gasteiger partial charge in [-0.2, -0.15) is 0 Å². The van der Waals surface area contributed by atoms with Crippen molar-refractivity contribution in [1.29, 1.82) is 0 Å². The molecule has 0 bridgehead atoms. The third-order valence-electron chi connectivity index (χ3n) is 4.45. The number of aromatic nitrogens is 2. The van der Waals surface area contributed by atoms with Gasteiger partial charge in [0.15, 0.2) is 0 Å². The van der Waals surface area contributed by atoms with Gasteiger partial charge >= 0.3 is 0 Å². The van der Waals surface area contributed by atoms with E-state index in [2.05, 4.69) is 33.5 Å². The van der Waals surface area contributed by atoms with Gasteiger partial charge in [-0.3, -0.25) is 4.79 Å². The Morgan fingerprint density at radius 2 is 1.79 bits per heavy atom. The van der Waals surface area contributed by atoms with Crippen LogP contribution in [0.1, 0.15) is 15.9 Å². The highest BCUT2D eigenvalue weighted by atomic mass is 32.1. The van der Waals surface area contributed by atoms with E-state index in [1.165, 1.54) is 10.4 Å². The minimum Gasteiger partial charge on any atom is -0.365 e. The lowest BCUT2D eigenvalue weighted by molar-refractivity contribution is 0.0827. The fraction of sp³-hybridized carbons (Fsp3) is 0.136. The van der Waals surface area contributed by atoms with Gasteiger partial charge in [0.1, 0.15) is 17.0 Å². The van der Waals surface area contributed by atoms with E-state index in [1.807, 2.05) is 42.5 Å². The number of carbonyl (C=O) groups excluding carboxylic acids is 1. The van der Waals surface area contributed by atoms with E-state index in [9.17, 15) is 4.79 Å². The average Bonchev–Trinajstić information content (AvgIpc) is 3.17. The molecule has 4 aromatic rings. The molecule has 0 fully saturated rings. The summed E-state index contributed by atoms with van der Waals surface area (Å²) < 4.78 is 0. The fourth-order valence-electron chi connectivity index (χ4n) is 2.95. The molecule has 5 nitrogen and oxygen atoms in total. The van der Waals surface area contributed by atoms with Crippen LogP contribution in [-0.4, -0.2) is 34.9 Å². The zero-order chi connectivity index (χ0) is 19.5. The van der Waals surface area contributed by atoms with Crippen molar-refractivity contribution in [2.24, 2.45) is 0 Å². The van der Waals surface area contributed by atoms with Crippen LogP contribution in [0.25, 0.3) is 20.7 Å². The van der Waals surface area contributed by atoms with E-state index in [4.69, 9.17) is 0 Å². The Kier molecular flexibility index (Phi) is 5.04. The molecule has 2 aromatic heterocycles. The summed E-state index contributed by atoms with van der Waals surface area (Å²) in [6.45, 7) is 0.624. The molecule has 1 N–H and O–H groups in total. The summed E-state index contributed by atoms with van der Waals surface area (Å²) >= 11 is 1.66. The summed E-state index contributed by atoms with van der Waals surface area (Å²) in [5, 5.41) is 4.42. The van der Waals surface area contributed by atoms with E-state index >= 15 is 0 Å². The lowest BCUT2D eigenvalue weighted by Gasteiger charge is -2.11. The molecule has 0 aliphatic heterocycles. The summed E-state index contributed by atoms with van der Waals surface area (Å²) in [5.41, 5.74) is 2.95. The highest BCUT2D eigenvalue weighted by Gasteiger charge is 2.11. The van der Waals surface area contributed by atoms with Crippen molar-refractivity contribution in [3.8, 4) is 10.4 Å². The number of fused-ring (bicyclic) bond motifs is 1. The first-order valence-corrected chi connectivity index (χ1v) is 9.78. The van der Waals surface area contributed by atoms with E-state index < -0.39 is 0 Å². The van der Waals surface area contributed by atoms with Crippen LogP contribution >= 0.6 is 11.3 Å². The van der Waals surface area contributed by atoms with Crippen molar-refractivity contribution in [2.75, 3.05) is 19.4 Å². The van der Waals surface area contributed by atoms with Crippen LogP contribution in [-0.2, 0) is 6.54 Å². The maximum Gasteiger partial charge on any atom is 0.253 e. The Hall–Kier alpha value is -3.25. The van der Waals surface area contributed by atoms with E-state index in [1.54, 1.807) is 36.7 Å². The second kappa shape index (κ2) is 7.78. The highest BCUT2D eigenvalue weighted by Crippen LogP contribution is 2.34. The zero-order valence-corrected chi connectivity index (χ0v) is 16.5. The van der Waals surface area contributed by atoms with E-state index in [0.29, 0.717) is 12.1 Å². The predicted octanol–water partition coefficient (Wildman–Crippen LogP) is 4.67. The number of anilines is 1. The van der Waals surface area contributed by atoms with E-state index in [0.717, 1.165) is 21.6 Å². The predicted molar refractivity (Wildman–Crippen MR) is 115 cm³/mol. The first-order chi connectivity index (χ1) is 13.6. The Labute approximate surface area is 167 Å². The molecule has 0 unspecified atom stereocenters.